The van der Waals surface area contributed by atoms with Crippen molar-refractivity contribution in [3.05, 3.63) is 11.6 Å². The quantitative estimate of drug-likeness (QED) is 0.753. The highest BCUT2D eigenvalue weighted by atomic mass is 32.1. The van der Waals surface area contributed by atoms with Crippen molar-refractivity contribution in [2.75, 3.05) is 31.5 Å². The highest BCUT2D eigenvalue weighted by Crippen LogP contribution is 2.09. The van der Waals surface area contributed by atoms with Crippen molar-refractivity contribution in [3.8, 4) is 0 Å². The second-order valence-corrected chi connectivity index (χ2v) is 4.09. The molecule has 0 amide bonds. The molecule has 4 heteroatoms. The molecule has 0 aliphatic heterocycles. The lowest BCUT2D eigenvalue weighted by atomic mass is 10.4. The molecule has 80 valence electrons. The summed E-state index contributed by atoms with van der Waals surface area (Å²) in [6, 6.07) is 0. The Labute approximate surface area is 90.2 Å². The Kier molecular flexibility index (Phi) is 5.56. The third-order valence-electron chi connectivity index (χ3n) is 2.12. The Morgan fingerprint density at radius 2 is 2.29 bits per heavy atom. The average Bonchev–Trinajstić information content (AvgIpc) is 2.69. The second-order valence-electron chi connectivity index (χ2n) is 3.20. The molecule has 0 radical (unpaired) electrons. The molecular formula is C10H19N3S. The normalized spacial score (nSPS) is 10.8. The van der Waals surface area contributed by atoms with E-state index in [1.807, 2.05) is 11.6 Å². The summed E-state index contributed by atoms with van der Waals surface area (Å²) in [6.45, 7) is 8.84. The maximum atomic E-state index is 4.17. The summed E-state index contributed by atoms with van der Waals surface area (Å²) in [4.78, 5) is 6.62. The molecule has 0 atom stereocenters. The largest absolute Gasteiger partial charge is 0.360 e. The van der Waals surface area contributed by atoms with Crippen LogP contribution in [0.15, 0.2) is 11.6 Å². The van der Waals surface area contributed by atoms with Gasteiger partial charge in [-0.3, -0.25) is 0 Å². The molecular weight excluding hydrogens is 194 g/mol. The van der Waals surface area contributed by atoms with Crippen LogP contribution in [0.3, 0.4) is 0 Å². The van der Waals surface area contributed by atoms with Crippen molar-refractivity contribution in [2.24, 2.45) is 0 Å². The van der Waals surface area contributed by atoms with Crippen LogP contribution in [0, 0.1) is 0 Å². The van der Waals surface area contributed by atoms with Crippen molar-refractivity contribution < 1.29 is 0 Å². The molecule has 0 aromatic carbocycles. The van der Waals surface area contributed by atoms with Gasteiger partial charge in [-0.15, -0.1) is 11.3 Å². The van der Waals surface area contributed by atoms with Crippen LogP contribution in [-0.2, 0) is 0 Å². The summed E-state index contributed by atoms with van der Waals surface area (Å²) < 4.78 is 0. The van der Waals surface area contributed by atoms with Gasteiger partial charge in [0.1, 0.15) is 0 Å². The number of thiazole rings is 1. The number of aromatic nitrogens is 1. The minimum absolute atomic E-state index is 0.987. The van der Waals surface area contributed by atoms with Crippen LogP contribution in [0.4, 0.5) is 5.13 Å². The van der Waals surface area contributed by atoms with E-state index in [2.05, 4.69) is 29.0 Å². The van der Waals surface area contributed by atoms with E-state index < -0.39 is 0 Å². The first-order valence-corrected chi connectivity index (χ1v) is 6.10. The van der Waals surface area contributed by atoms with E-state index in [0.29, 0.717) is 0 Å². The third kappa shape index (κ3) is 4.07. The van der Waals surface area contributed by atoms with Crippen LogP contribution in [0.5, 0.6) is 0 Å². The first-order chi connectivity index (χ1) is 6.86. The Hall–Kier alpha value is -0.610. The molecule has 14 heavy (non-hydrogen) atoms. The first kappa shape index (κ1) is 11.5. The maximum absolute atomic E-state index is 4.17. The highest BCUT2D eigenvalue weighted by molar-refractivity contribution is 7.13. The van der Waals surface area contributed by atoms with Gasteiger partial charge in [0.05, 0.1) is 0 Å². The predicted molar refractivity (Wildman–Crippen MR) is 63.0 cm³/mol. The molecule has 3 nitrogen and oxygen atoms in total. The standard InChI is InChI=1S/C10H19N3S/c1-3-7-13(4-2)8-5-11-10-12-6-9-14-10/h6,9H,3-5,7-8H2,1-2H3,(H,11,12). The minimum atomic E-state index is 0.987. The van der Waals surface area contributed by atoms with E-state index in [9.17, 15) is 0 Å². The van der Waals surface area contributed by atoms with E-state index in [1.54, 1.807) is 11.3 Å². The second kappa shape index (κ2) is 6.79. The number of hydrogen-bond acceptors (Lipinski definition) is 4. The average molecular weight is 213 g/mol. The molecule has 1 aromatic rings. The van der Waals surface area contributed by atoms with E-state index in [4.69, 9.17) is 0 Å². The number of likely N-dealkylation sites (N-methyl/N-ethyl adjacent to an activating group) is 1. The Balaban J connectivity index is 2.13. The van der Waals surface area contributed by atoms with Gasteiger partial charge >= 0.3 is 0 Å². The summed E-state index contributed by atoms with van der Waals surface area (Å²) >= 11 is 1.65. The minimum Gasteiger partial charge on any atom is -0.360 e. The predicted octanol–water partition coefficient (Wildman–Crippen LogP) is 2.29. The van der Waals surface area contributed by atoms with Gasteiger partial charge in [0.2, 0.25) is 0 Å². The van der Waals surface area contributed by atoms with Gasteiger partial charge < -0.3 is 10.2 Å². The van der Waals surface area contributed by atoms with Gasteiger partial charge in [0, 0.05) is 24.7 Å². The van der Waals surface area contributed by atoms with Gasteiger partial charge in [-0.05, 0) is 19.5 Å². The summed E-state index contributed by atoms with van der Waals surface area (Å²) in [7, 11) is 0. The fourth-order valence-electron chi connectivity index (χ4n) is 1.38. The van der Waals surface area contributed by atoms with Crippen LogP contribution in [0.2, 0.25) is 0 Å². The van der Waals surface area contributed by atoms with Gasteiger partial charge in [-0.25, -0.2) is 4.98 Å². The smallest absolute Gasteiger partial charge is 0.182 e. The first-order valence-electron chi connectivity index (χ1n) is 5.22. The highest BCUT2D eigenvalue weighted by Gasteiger charge is 2.00. The van der Waals surface area contributed by atoms with Crippen LogP contribution in [-0.4, -0.2) is 36.1 Å². The molecule has 0 spiro atoms. The van der Waals surface area contributed by atoms with E-state index in [1.165, 1.54) is 13.0 Å². The van der Waals surface area contributed by atoms with Gasteiger partial charge in [0.25, 0.3) is 0 Å². The Bertz CT molecular complexity index is 223. The van der Waals surface area contributed by atoms with E-state index in [-0.39, 0.29) is 0 Å². The molecule has 0 saturated carbocycles. The van der Waals surface area contributed by atoms with Crippen molar-refractivity contribution in [1.82, 2.24) is 9.88 Å². The summed E-state index contributed by atoms with van der Waals surface area (Å²) in [5.41, 5.74) is 0. The summed E-state index contributed by atoms with van der Waals surface area (Å²) in [5, 5.41) is 6.33. The van der Waals surface area contributed by atoms with Crippen LogP contribution in [0.1, 0.15) is 20.3 Å². The fraction of sp³-hybridized carbons (Fsp3) is 0.700. The molecule has 1 N–H and O–H groups in total. The zero-order valence-electron chi connectivity index (χ0n) is 8.99. The Morgan fingerprint density at radius 1 is 1.43 bits per heavy atom. The number of nitrogens with one attached hydrogen (secondary N) is 1. The molecule has 0 unspecified atom stereocenters. The molecule has 0 aliphatic rings. The van der Waals surface area contributed by atoms with Crippen LogP contribution < -0.4 is 5.32 Å². The lowest BCUT2D eigenvalue weighted by Gasteiger charge is -2.19. The van der Waals surface area contributed by atoms with Crippen molar-refractivity contribution >= 4 is 16.5 Å². The van der Waals surface area contributed by atoms with Crippen molar-refractivity contribution in [3.63, 3.8) is 0 Å². The summed E-state index contributed by atoms with van der Waals surface area (Å²) in [6.07, 6.45) is 3.06. The monoisotopic (exact) mass is 213 g/mol. The number of hydrogen-bond donors (Lipinski definition) is 1. The van der Waals surface area contributed by atoms with Gasteiger partial charge in [-0.2, -0.15) is 0 Å². The fourth-order valence-corrected chi connectivity index (χ4v) is 1.93. The van der Waals surface area contributed by atoms with Crippen LogP contribution in [0.25, 0.3) is 0 Å². The molecule has 1 aromatic heterocycles. The topological polar surface area (TPSA) is 28.2 Å². The molecule has 1 rings (SSSR count). The van der Waals surface area contributed by atoms with Crippen molar-refractivity contribution in [2.45, 2.75) is 20.3 Å². The molecule has 1 heterocycles. The lowest BCUT2D eigenvalue weighted by Crippen LogP contribution is -2.29. The van der Waals surface area contributed by atoms with Gasteiger partial charge in [-0.1, -0.05) is 13.8 Å². The SMILES string of the molecule is CCCN(CC)CCNc1nccs1. The molecule has 0 aliphatic carbocycles. The van der Waals surface area contributed by atoms with E-state index >= 15 is 0 Å². The molecule has 0 fully saturated rings. The summed E-state index contributed by atoms with van der Waals surface area (Å²) in [5.74, 6) is 0. The van der Waals surface area contributed by atoms with E-state index in [0.717, 1.165) is 24.8 Å². The number of anilines is 1. The maximum Gasteiger partial charge on any atom is 0.182 e. The Morgan fingerprint density at radius 3 is 2.86 bits per heavy atom. The zero-order valence-corrected chi connectivity index (χ0v) is 9.81. The van der Waals surface area contributed by atoms with Gasteiger partial charge in [0.15, 0.2) is 5.13 Å². The van der Waals surface area contributed by atoms with Crippen molar-refractivity contribution in [1.29, 1.82) is 0 Å². The third-order valence-corrected chi connectivity index (χ3v) is 2.85. The molecule has 0 bridgehead atoms. The molecule has 0 saturated heterocycles. The lowest BCUT2D eigenvalue weighted by molar-refractivity contribution is 0.300. The van der Waals surface area contributed by atoms with Crippen LogP contribution >= 0.6 is 11.3 Å². The number of nitrogens with zero attached hydrogens (tertiary/aromatic N) is 2. The number of rotatable bonds is 7. The zero-order chi connectivity index (χ0) is 10.2.